The maximum absolute atomic E-state index is 12.8. The van der Waals surface area contributed by atoms with Crippen molar-refractivity contribution in [3.63, 3.8) is 0 Å². The molecule has 4 aliphatic carbocycles. The van der Waals surface area contributed by atoms with Gasteiger partial charge < -0.3 is 15.4 Å². The van der Waals surface area contributed by atoms with Crippen LogP contribution in [0, 0.1) is 34.5 Å². The summed E-state index contributed by atoms with van der Waals surface area (Å²) in [4.78, 5) is 24.3. The summed E-state index contributed by atoms with van der Waals surface area (Å²) in [6.45, 7) is 6.65. The van der Waals surface area contributed by atoms with E-state index in [0.717, 1.165) is 44.9 Å². The van der Waals surface area contributed by atoms with Crippen LogP contribution >= 0.6 is 0 Å². The summed E-state index contributed by atoms with van der Waals surface area (Å²) < 4.78 is 5.53. The first-order valence-electron chi connectivity index (χ1n) is 11.4. The highest BCUT2D eigenvalue weighted by atomic mass is 16.5. The van der Waals surface area contributed by atoms with Gasteiger partial charge in [0.25, 0.3) is 5.91 Å². The van der Waals surface area contributed by atoms with E-state index in [4.69, 9.17) is 4.74 Å². The van der Waals surface area contributed by atoms with Gasteiger partial charge in [0, 0.05) is 24.7 Å². The van der Waals surface area contributed by atoms with Crippen molar-refractivity contribution in [2.24, 2.45) is 49.8 Å². The predicted octanol–water partition coefficient (Wildman–Crippen LogP) is 4.86. The van der Waals surface area contributed by atoms with Crippen molar-refractivity contribution in [3.05, 3.63) is 17.2 Å². The second-order valence-electron chi connectivity index (χ2n) is 10.7. The fraction of sp³-hybridized carbons (Fsp3) is 0.826. The first-order chi connectivity index (χ1) is 14.3. The van der Waals surface area contributed by atoms with Gasteiger partial charge in [-0.25, -0.2) is 0 Å². The number of hydrogen-bond donors (Lipinski definition) is 0. The third-order valence-electron chi connectivity index (χ3n) is 9.73. The molecule has 30 heavy (non-hydrogen) atoms. The van der Waals surface area contributed by atoms with Gasteiger partial charge in [0.1, 0.15) is 6.10 Å². The summed E-state index contributed by atoms with van der Waals surface area (Å²) in [6, 6.07) is 0. The van der Waals surface area contributed by atoms with Crippen LogP contribution in [0.15, 0.2) is 27.0 Å². The smallest absolute Gasteiger partial charge is 0.302 e. The number of amides is 1. The largest absolute Gasteiger partial charge is 0.704 e. The minimum Gasteiger partial charge on any atom is -0.704 e. The van der Waals surface area contributed by atoms with Gasteiger partial charge >= 0.3 is 5.97 Å². The molecule has 0 radical (unpaired) electrons. The lowest BCUT2D eigenvalue weighted by Crippen LogP contribution is -2.57. The van der Waals surface area contributed by atoms with E-state index in [0.29, 0.717) is 24.3 Å². The Bertz CT molecular complexity index is 869. The average molecular weight is 412 g/mol. The molecule has 0 bridgehead atoms. The molecule has 8 atom stereocenters. The molecule has 0 saturated heterocycles. The molecule has 3 saturated carbocycles. The third-order valence-corrected chi connectivity index (χ3v) is 9.73. The lowest BCUT2D eigenvalue weighted by molar-refractivity contribution is -0.149. The molecule has 8 unspecified atom stereocenters. The number of allylic oxidation sites excluding steroid dienone is 1. The molecule has 0 spiro atoms. The molecule has 0 aromatic rings. The van der Waals surface area contributed by atoms with Crippen LogP contribution < -0.4 is 0 Å². The maximum Gasteiger partial charge on any atom is 0.302 e. The van der Waals surface area contributed by atoms with Crippen LogP contribution in [0.2, 0.25) is 0 Å². The lowest BCUT2D eigenvalue weighted by atomic mass is 9.46. The quantitative estimate of drug-likeness (QED) is 0.368. The van der Waals surface area contributed by atoms with Gasteiger partial charge in [-0.05, 0) is 61.7 Å². The molecule has 162 valence electrons. The molecule has 5 rings (SSSR count). The van der Waals surface area contributed by atoms with E-state index in [1.165, 1.54) is 12.5 Å². The highest BCUT2D eigenvalue weighted by molar-refractivity contribution is 5.89. The second kappa shape index (κ2) is 6.54. The number of esters is 1. The van der Waals surface area contributed by atoms with Gasteiger partial charge in [-0.3, -0.25) is 9.59 Å². The molecular weight excluding hydrogens is 380 g/mol. The van der Waals surface area contributed by atoms with Gasteiger partial charge in [-0.1, -0.05) is 25.5 Å². The Morgan fingerprint density at radius 2 is 2.03 bits per heavy atom. The Kier molecular flexibility index (Phi) is 4.36. The van der Waals surface area contributed by atoms with Crippen molar-refractivity contribution in [2.75, 3.05) is 6.54 Å². The highest BCUT2D eigenvalue weighted by Crippen LogP contribution is 2.70. The molecule has 3 fully saturated rings. The van der Waals surface area contributed by atoms with Crippen LogP contribution in [0.25, 0.3) is 5.53 Å². The zero-order valence-electron chi connectivity index (χ0n) is 18.1. The third kappa shape index (κ3) is 2.38. The van der Waals surface area contributed by atoms with Crippen molar-refractivity contribution in [1.29, 1.82) is 0 Å². The normalized spacial score (nSPS) is 48.6. The number of carbonyl (C=O) groups is 2. The Balaban J connectivity index is 1.47. The molecule has 0 aromatic carbocycles. The average Bonchev–Trinajstić information content (AvgIpc) is 3.24. The number of azo groups is 1. The van der Waals surface area contributed by atoms with Crippen LogP contribution in [-0.4, -0.2) is 30.1 Å². The fourth-order valence-corrected chi connectivity index (χ4v) is 8.33. The van der Waals surface area contributed by atoms with E-state index in [9.17, 15) is 15.1 Å². The first-order valence-corrected chi connectivity index (χ1v) is 11.4. The van der Waals surface area contributed by atoms with Gasteiger partial charge in [-0.15, -0.1) is 0 Å². The van der Waals surface area contributed by atoms with Crippen LogP contribution in [-0.2, 0) is 14.3 Å². The zero-order chi connectivity index (χ0) is 21.3. The summed E-state index contributed by atoms with van der Waals surface area (Å²) in [6.07, 6.45) is 9.12. The predicted molar refractivity (Wildman–Crippen MR) is 109 cm³/mol. The summed E-state index contributed by atoms with van der Waals surface area (Å²) in [5.74, 6) is 0.814. The number of carbonyl (C=O) groups excluding carboxylic acids is 2. The number of rotatable bonds is 2. The molecular formula is C23H31N4O3-. The van der Waals surface area contributed by atoms with E-state index < -0.39 is 11.4 Å². The van der Waals surface area contributed by atoms with Gasteiger partial charge in [-0.2, -0.15) is 10.2 Å². The first kappa shape index (κ1) is 20.0. The standard InChI is InChI=1S/C23H31N4O3/c1-13(28)30-16-6-8-21(2)14(10-16)4-5-17-18(21)7-9-22(3)19(17)11-15-12-25-27-23(15,22)20(29)26-24/h4,15-19H,5-12H2,1-3H3/q-1. The molecule has 7 heteroatoms. The number of hydrogen-bond acceptors (Lipinski definition) is 5. The van der Waals surface area contributed by atoms with Crippen molar-refractivity contribution in [3.8, 4) is 0 Å². The van der Waals surface area contributed by atoms with Crippen LogP contribution in [0.4, 0.5) is 0 Å². The molecule has 1 heterocycles. The Hall–Kier alpha value is -1.92. The molecule has 1 aliphatic heterocycles. The fourth-order valence-electron chi connectivity index (χ4n) is 8.33. The number of fused-ring (bicyclic) bond motifs is 7. The van der Waals surface area contributed by atoms with E-state index in [1.54, 1.807) is 0 Å². The monoisotopic (exact) mass is 411 g/mol. The molecule has 1 amide bonds. The minimum atomic E-state index is -0.977. The van der Waals surface area contributed by atoms with Crippen LogP contribution in [0.1, 0.15) is 65.7 Å². The summed E-state index contributed by atoms with van der Waals surface area (Å²) >= 11 is 0. The van der Waals surface area contributed by atoms with Crippen LogP contribution in [0.5, 0.6) is 0 Å². The Morgan fingerprint density at radius 3 is 2.77 bits per heavy atom. The van der Waals surface area contributed by atoms with Crippen molar-refractivity contribution >= 4 is 11.9 Å². The van der Waals surface area contributed by atoms with E-state index >= 15 is 0 Å². The highest BCUT2D eigenvalue weighted by Gasteiger charge is 2.72. The number of ether oxygens (including phenoxy) is 1. The Morgan fingerprint density at radius 1 is 1.23 bits per heavy atom. The molecule has 7 nitrogen and oxygen atoms in total. The van der Waals surface area contributed by atoms with Gasteiger partial charge in [0.15, 0.2) is 5.54 Å². The van der Waals surface area contributed by atoms with Crippen molar-refractivity contribution in [2.45, 2.75) is 77.4 Å². The second-order valence-corrected chi connectivity index (χ2v) is 10.7. The minimum absolute atomic E-state index is 0.00513. The van der Waals surface area contributed by atoms with E-state index in [1.807, 2.05) is 0 Å². The van der Waals surface area contributed by atoms with Crippen molar-refractivity contribution in [1.82, 2.24) is 0 Å². The van der Waals surface area contributed by atoms with Gasteiger partial charge in [0.05, 0.1) is 6.54 Å². The van der Waals surface area contributed by atoms with E-state index in [-0.39, 0.29) is 28.8 Å². The summed E-state index contributed by atoms with van der Waals surface area (Å²) in [5, 5.41) is 11.8. The van der Waals surface area contributed by atoms with Gasteiger partial charge in [0.2, 0.25) is 0 Å². The summed E-state index contributed by atoms with van der Waals surface area (Å²) in [7, 11) is 0. The maximum atomic E-state index is 12.8. The molecule has 0 aromatic heterocycles. The number of nitrogens with zero attached hydrogens (tertiary/aromatic N) is 4. The van der Waals surface area contributed by atoms with Crippen molar-refractivity contribution < 1.29 is 14.3 Å². The summed E-state index contributed by atoms with van der Waals surface area (Å²) in [5.41, 5.74) is 9.70. The zero-order valence-corrected chi connectivity index (χ0v) is 18.1. The topological polar surface area (TPSA) is 103 Å². The molecule has 0 N–H and O–H groups in total. The van der Waals surface area contributed by atoms with Crippen LogP contribution in [0.3, 0.4) is 0 Å². The lowest BCUT2D eigenvalue weighted by Gasteiger charge is -2.58. The molecule has 5 aliphatic rings. The van der Waals surface area contributed by atoms with E-state index in [2.05, 4.69) is 35.3 Å². The Labute approximate surface area is 177 Å². The SMILES string of the molecule is CC(=O)OC1CCC2(C)C(=CCC3C2CCC2(C)C3CC3CN=NC32C(=O)N=[N-])C1.